The number of hydroxylamine groups is 1. The third-order valence-electron chi connectivity index (χ3n) is 7.03. The van der Waals surface area contributed by atoms with Gasteiger partial charge in [-0.15, -0.1) is 0 Å². The van der Waals surface area contributed by atoms with Gasteiger partial charge in [0, 0.05) is 31.0 Å². The molecule has 1 heterocycles. The molecule has 1 aliphatic carbocycles. The van der Waals surface area contributed by atoms with Gasteiger partial charge in [0.25, 0.3) is 11.5 Å². The van der Waals surface area contributed by atoms with Gasteiger partial charge in [-0.2, -0.15) is 0 Å². The molecule has 1 aromatic heterocycles. The lowest BCUT2D eigenvalue weighted by Crippen LogP contribution is -2.50. The molecule has 36 heavy (non-hydrogen) atoms. The summed E-state index contributed by atoms with van der Waals surface area (Å²) in [7, 11) is -1.90. The van der Waals surface area contributed by atoms with Gasteiger partial charge in [-0.25, -0.2) is 23.3 Å². The molecule has 1 atom stereocenters. The molecule has 0 bridgehead atoms. The lowest BCUT2D eigenvalue weighted by molar-refractivity contribution is -0.131. The quantitative estimate of drug-likeness (QED) is 0.331. The molecule has 0 aliphatic heterocycles. The van der Waals surface area contributed by atoms with Crippen molar-refractivity contribution < 1.29 is 22.8 Å². The van der Waals surface area contributed by atoms with Gasteiger partial charge in [0.2, 0.25) is 0 Å². The number of rotatable bonds is 9. The zero-order valence-electron chi connectivity index (χ0n) is 20.4. The number of benzene rings is 2. The molecule has 0 saturated heterocycles. The molecule has 1 saturated carbocycles. The van der Waals surface area contributed by atoms with Crippen LogP contribution in [0.1, 0.15) is 31.7 Å². The zero-order valence-corrected chi connectivity index (χ0v) is 21.2. The molecule has 0 unspecified atom stereocenters. The van der Waals surface area contributed by atoms with Gasteiger partial charge in [-0.3, -0.25) is 24.3 Å². The molecule has 0 spiro atoms. The first-order valence-electron chi connectivity index (χ1n) is 11.6. The van der Waals surface area contributed by atoms with Crippen molar-refractivity contribution in [3.05, 3.63) is 64.5 Å². The molecule has 2 aromatic carbocycles. The van der Waals surface area contributed by atoms with Gasteiger partial charge in [-0.05, 0) is 62.6 Å². The average molecular weight is 517 g/mol. The Morgan fingerprint density at radius 1 is 1.25 bits per heavy atom. The summed E-state index contributed by atoms with van der Waals surface area (Å²) in [5, 5.41) is 9.27. The van der Waals surface area contributed by atoms with E-state index in [0.29, 0.717) is 40.2 Å². The molecule has 9 nitrogen and oxygen atoms in total. The number of carbonyl (C=O) groups is 1. The van der Waals surface area contributed by atoms with Crippen molar-refractivity contribution in [3.8, 4) is 11.1 Å². The fourth-order valence-electron chi connectivity index (χ4n) is 4.18. The molecule has 2 N–H and O–H groups in total. The lowest BCUT2D eigenvalue weighted by Gasteiger charge is -2.25. The number of sulfone groups is 1. The van der Waals surface area contributed by atoms with E-state index in [1.54, 1.807) is 24.3 Å². The molecule has 3 aromatic rings. The molecular formula is C25H29FN4O5S. The molecule has 192 valence electrons. The van der Waals surface area contributed by atoms with Crippen LogP contribution in [0.2, 0.25) is 0 Å². The highest BCUT2D eigenvalue weighted by atomic mass is 32.2. The van der Waals surface area contributed by atoms with E-state index in [4.69, 9.17) is 5.21 Å². The van der Waals surface area contributed by atoms with Crippen molar-refractivity contribution in [2.45, 2.75) is 50.1 Å². The molecule has 0 radical (unpaired) electrons. The highest BCUT2D eigenvalue weighted by Crippen LogP contribution is 2.29. The van der Waals surface area contributed by atoms with Crippen molar-refractivity contribution in [2.75, 3.05) is 13.3 Å². The second kappa shape index (κ2) is 9.72. The van der Waals surface area contributed by atoms with Crippen molar-refractivity contribution in [2.24, 2.45) is 0 Å². The lowest BCUT2D eigenvalue weighted by atomic mass is 10.0. The fourth-order valence-corrected chi connectivity index (χ4v) is 5.03. The maximum absolute atomic E-state index is 14.8. The molecule has 1 fully saturated rings. The Balaban J connectivity index is 1.58. The van der Waals surface area contributed by atoms with E-state index in [0.717, 1.165) is 19.1 Å². The maximum Gasteiger partial charge on any atom is 0.264 e. The van der Waals surface area contributed by atoms with Crippen LogP contribution in [0.4, 0.5) is 4.39 Å². The van der Waals surface area contributed by atoms with E-state index in [1.807, 2.05) is 13.1 Å². The highest BCUT2D eigenvalue weighted by Gasteiger charge is 2.43. The number of carbonyl (C=O) groups excluding carboxylic acids is 1. The van der Waals surface area contributed by atoms with Gasteiger partial charge in [0.15, 0.2) is 14.6 Å². The van der Waals surface area contributed by atoms with Crippen molar-refractivity contribution >= 4 is 26.6 Å². The van der Waals surface area contributed by atoms with Crippen LogP contribution in [0.25, 0.3) is 22.0 Å². The van der Waals surface area contributed by atoms with Crippen LogP contribution in [-0.2, 0) is 27.7 Å². The molecule has 1 amide bonds. The second-order valence-corrected chi connectivity index (χ2v) is 12.1. The van der Waals surface area contributed by atoms with Crippen LogP contribution in [0, 0.1) is 5.82 Å². The summed E-state index contributed by atoms with van der Waals surface area (Å²) in [6.07, 6.45) is 4.23. The Kier molecular flexibility index (Phi) is 7.00. The number of aromatic nitrogens is 2. The van der Waals surface area contributed by atoms with Crippen LogP contribution >= 0.6 is 0 Å². The van der Waals surface area contributed by atoms with E-state index in [2.05, 4.69) is 9.88 Å². The summed E-state index contributed by atoms with van der Waals surface area (Å²) in [5.74, 6) is -1.36. The SMILES string of the molecule is CN(Cc1ccc(-c2ccc3c(=O)n(CC[C@](C)(C(=O)NO)S(C)(=O)=O)cnc3c2)cc1F)C1CC1. The maximum atomic E-state index is 14.8. The number of nitrogens with one attached hydrogen (secondary N) is 1. The number of hydrogen-bond donors (Lipinski definition) is 2. The first-order chi connectivity index (χ1) is 16.9. The Labute approximate surface area is 208 Å². The van der Waals surface area contributed by atoms with Crippen LogP contribution in [0.15, 0.2) is 47.5 Å². The minimum absolute atomic E-state index is 0.109. The van der Waals surface area contributed by atoms with E-state index < -0.39 is 26.1 Å². The third-order valence-corrected chi connectivity index (χ3v) is 9.06. The molecular weight excluding hydrogens is 487 g/mol. The number of nitrogens with zero attached hydrogens (tertiary/aromatic N) is 3. The average Bonchev–Trinajstić information content (AvgIpc) is 3.69. The van der Waals surface area contributed by atoms with E-state index in [1.165, 1.54) is 29.4 Å². The summed E-state index contributed by atoms with van der Waals surface area (Å²) >= 11 is 0. The Morgan fingerprint density at radius 3 is 2.53 bits per heavy atom. The summed E-state index contributed by atoms with van der Waals surface area (Å²) in [4.78, 5) is 31.5. The number of aryl methyl sites for hydroxylation is 1. The third kappa shape index (κ3) is 5.04. The minimum atomic E-state index is -3.89. The van der Waals surface area contributed by atoms with E-state index in [9.17, 15) is 22.4 Å². The Hall–Kier alpha value is -3.15. The summed E-state index contributed by atoms with van der Waals surface area (Å²) in [6, 6.07) is 10.6. The van der Waals surface area contributed by atoms with Gasteiger partial charge >= 0.3 is 0 Å². The first kappa shape index (κ1) is 25.9. The summed E-state index contributed by atoms with van der Waals surface area (Å²) in [5.41, 5.74) is 3.39. The van der Waals surface area contributed by atoms with Crippen LogP contribution in [0.3, 0.4) is 0 Å². The van der Waals surface area contributed by atoms with Gasteiger partial charge in [0.1, 0.15) is 5.82 Å². The number of fused-ring (bicyclic) bond motifs is 1. The van der Waals surface area contributed by atoms with Crippen LogP contribution < -0.4 is 11.0 Å². The minimum Gasteiger partial charge on any atom is -0.299 e. The second-order valence-electron chi connectivity index (χ2n) is 9.62. The predicted octanol–water partition coefficient (Wildman–Crippen LogP) is 2.50. The Morgan fingerprint density at radius 2 is 1.92 bits per heavy atom. The largest absolute Gasteiger partial charge is 0.299 e. The smallest absolute Gasteiger partial charge is 0.264 e. The first-order valence-corrected chi connectivity index (χ1v) is 13.5. The van der Waals surface area contributed by atoms with Gasteiger partial charge in [0.05, 0.1) is 17.2 Å². The monoisotopic (exact) mass is 516 g/mol. The van der Waals surface area contributed by atoms with Gasteiger partial charge < -0.3 is 0 Å². The summed E-state index contributed by atoms with van der Waals surface area (Å²) in [6.45, 7) is 1.63. The standard InChI is InChI=1S/C25H29FN4O5S/c1-25(24(32)28-33,36(3,34)35)10-11-30-15-27-22-13-17(6-9-20(22)23(30)31)16-4-5-18(21(26)12-16)14-29(2)19-7-8-19/h4-6,9,12-13,15,19,33H,7-8,10-11,14H2,1-3H3,(H,28,32)/t25-/m1/s1. The van der Waals surface area contributed by atoms with E-state index in [-0.39, 0.29) is 18.8 Å². The van der Waals surface area contributed by atoms with Crippen molar-refractivity contribution in [1.82, 2.24) is 19.9 Å². The fraction of sp³-hybridized carbons (Fsp3) is 0.400. The number of amides is 1. The topological polar surface area (TPSA) is 122 Å². The predicted molar refractivity (Wildman–Crippen MR) is 134 cm³/mol. The van der Waals surface area contributed by atoms with Crippen LogP contribution in [-0.4, -0.2) is 58.1 Å². The van der Waals surface area contributed by atoms with Gasteiger partial charge in [-0.1, -0.05) is 18.2 Å². The zero-order chi connectivity index (χ0) is 26.3. The van der Waals surface area contributed by atoms with Crippen LogP contribution in [0.5, 0.6) is 0 Å². The van der Waals surface area contributed by atoms with Crippen molar-refractivity contribution in [1.29, 1.82) is 0 Å². The normalized spacial score (nSPS) is 15.7. The molecule has 4 rings (SSSR count). The Bertz CT molecular complexity index is 1490. The number of hydrogen-bond acceptors (Lipinski definition) is 7. The highest BCUT2D eigenvalue weighted by molar-refractivity contribution is 7.92. The molecule has 11 heteroatoms. The number of halogens is 1. The molecule has 1 aliphatic rings. The summed E-state index contributed by atoms with van der Waals surface area (Å²) < 4.78 is 38.4. The van der Waals surface area contributed by atoms with Crippen molar-refractivity contribution in [3.63, 3.8) is 0 Å². The van der Waals surface area contributed by atoms with E-state index >= 15 is 0 Å².